The molecule has 3 heterocycles. The van der Waals surface area contributed by atoms with E-state index in [1.54, 1.807) is 25.6 Å². The number of ether oxygens (including phenoxy) is 2. The molecule has 2 aliphatic rings. The van der Waals surface area contributed by atoms with E-state index >= 15 is 0 Å². The fourth-order valence-electron chi connectivity index (χ4n) is 3.76. The zero-order valence-electron chi connectivity index (χ0n) is 16.7. The first kappa shape index (κ1) is 18.7. The lowest BCUT2D eigenvalue weighted by molar-refractivity contribution is 0.183. The average Bonchev–Trinajstić information content (AvgIpc) is 3.54. The van der Waals surface area contributed by atoms with E-state index in [-0.39, 0.29) is 17.6 Å². The van der Waals surface area contributed by atoms with Gasteiger partial charge in [-0.05, 0) is 31.0 Å². The number of rotatable bonds is 6. The minimum atomic E-state index is -0.234. The number of hydrogen-bond donors (Lipinski definition) is 1. The molecule has 0 radical (unpaired) electrons. The van der Waals surface area contributed by atoms with Gasteiger partial charge >= 0.3 is 0 Å². The third-order valence-corrected chi connectivity index (χ3v) is 5.57. The third-order valence-electron chi connectivity index (χ3n) is 5.57. The van der Waals surface area contributed by atoms with Crippen LogP contribution in [0.4, 0.5) is 5.82 Å². The predicted octanol–water partition coefficient (Wildman–Crippen LogP) is 2.64. The van der Waals surface area contributed by atoms with Crippen molar-refractivity contribution >= 4 is 5.82 Å². The van der Waals surface area contributed by atoms with Crippen molar-refractivity contribution in [1.29, 1.82) is 0 Å². The van der Waals surface area contributed by atoms with E-state index in [1.165, 1.54) is 17.5 Å². The molecule has 2 unspecified atom stereocenters. The second-order valence-corrected chi connectivity index (χ2v) is 7.69. The molecule has 3 aromatic rings. The molecule has 0 bridgehead atoms. The second kappa shape index (κ2) is 7.87. The van der Waals surface area contributed by atoms with Crippen molar-refractivity contribution in [2.45, 2.75) is 30.8 Å². The van der Waals surface area contributed by atoms with Crippen molar-refractivity contribution in [1.82, 2.24) is 19.7 Å². The average molecular weight is 405 g/mol. The molecule has 2 fully saturated rings. The zero-order valence-corrected chi connectivity index (χ0v) is 16.7. The highest BCUT2D eigenvalue weighted by Gasteiger charge is 2.32. The Kier molecular flexibility index (Phi) is 4.92. The predicted molar refractivity (Wildman–Crippen MR) is 112 cm³/mol. The van der Waals surface area contributed by atoms with E-state index in [0.717, 1.165) is 22.8 Å². The van der Waals surface area contributed by atoms with Gasteiger partial charge in [0.05, 0.1) is 32.1 Å². The van der Waals surface area contributed by atoms with E-state index in [1.807, 2.05) is 30.3 Å². The lowest BCUT2D eigenvalue weighted by Gasteiger charge is -2.21. The monoisotopic (exact) mass is 405 g/mol. The standard InChI is InChI=1S/C22H23N5O3/c1-29-16-4-2-3-15(9-16)17-7-8-22(28)27(26-17)20-12-30-11-19(20)25-21-10-18(14-5-6-14)23-13-24-21/h2-4,7-10,13-14,19-20H,5-6,11-12H2,1H3,(H,23,24,25). The molecule has 2 aromatic heterocycles. The minimum Gasteiger partial charge on any atom is -0.497 e. The highest BCUT2D eigenvalue weighted by molar-refractivity contribution is 5.60. The lowest BCUT2D eigenvalue weighted by Crippen LogP contribution is -2.37. The van der Waals surface area contributed by atoms with Gasteiger partial charge in [-0.1, -0.05) is 12.1 Å². The molecule has 1 N–H and O–H groups in total. The highest BCUT2D eigenvalue weighted by Crippen LogP contribution is 2.39. The summed E-state index contributed by atoms with van der Waals surface area (Å²) in [6.45, 7) is 0.887. The van der Waals surface area contributed by atoms with Gasteiger partial charge in [0.2, 0.25) is 0 Å². The number of hydrogen-bond acceptors (Lipinski definition) is 7. The molecule has 8 nitrogen and oxygen atoms in total. The largest absolute Gasteiger partial charge is 0.497 e. The maximum Gasteiger partial charge on any atom is 0.267 e. The molecule has 1 saturated heterocycles. The summed E-state index contributed by atoms with van der Waals surface area (Å²) in [6, 6.07) is 12.6. The summed E-state index contributed by atoms with van der Waals surface area (Å²) >= 11 is 0. The van der Waals surface area contributed by atoms with Gasteiger partial charge in [-0.15, -0.1) is 0 Å². The molecule has 1 aromatic carbocycles. The SMILES string of the molecule is COc1cccc(-c2ccc(=O)n(C3COCC3Nc3cc(C4CC4)ncn3)n2)c1. The quantitative estimate of drug-likeness (QED) is 0.674. The minimum absolute atomic E-state index is 0.113. The molecule has 1 aliphatic carbocycles. The van der Waals surface area contributed by atoms with Crippen LogP contribution in [0.1, 0.15) is 30.5 Å². The Labute approximate surface area is 173 Å². The summed E-state index contributed by atoms with van der Waals surface area (Å²) in [6.07, 6.45) is 3.96. The number of benzene rings is 1. The summed E-state index contributed by atoms with van der Waals surface area (Å²) < 4.78 is 12.5. The van der Waals surface area contributed by atoms with Gasteiger partial charge < -0.3 is 14.8 Å². The molecule has 2 atom stereocenters. The summed E-state index contributed by atoms with van der Waals surface area (Å²) in [4.78, 5) is 21.3. The lowest BCUT2D eigenvalue weighted by atomic mass is 10.1. The van der Waals surface area contributed by atoms with Crippen LogP contribution in [0, 0.1) is 0 Å². The first-order valence-corrected chi connectivity index (χ1v) is 10.1. The van der Waals surface area contributed by atoms with E-state index in [9.17, 15) is 4.79 Å². The highest BCUT2D eigenvalue weighted by atomic mass is 16.5. The van der Waals surface area contributed by atoms with Crippen LogP contribution in [0.15, 0.2) is 53.6 Å². The Morgan fingerprint density at radius 3 is 2.87 bits per heavy atom. The Hall–Kier alpha value is -3.26. The first-order chi connectivity index (χ1) is 14.7. The molecular formula is C22H23N5O3. The smallest absolute Gasteiger partial charge is 0.267 e. The van der Waals surface area contributed by atoms with Crippen molar-refractivity contribution in [3.8, 4) is 17.0 Å². The molecule has 0 amide bonds. The molecule has 1 saturated carbocycles. The summed E-state index contributed by atoms with van der Waals surface area (Å²) in [5.74, 6) is 2.04. The van der Waals surface area contributed by atoms with Crippen LogP contribution >= 0.6 is 0 Å². The Morgan fingerprint density at radius 1 is 1.13 bits per heavy atom. The van der Waals surface area contributed by atoms with Crippen molar-refractivity contribution in [3.05, 3.63) is 64.8 Å². The fourth-order valence-corrected chi connectivity index (χ4v) is 3.76. The number of anilines is 1. The third kappa shape index (κ3) is 3.78. The molecule has 1 aliphatic heterocycles. The summed E-state index contributed by atoms with van der Waals surface area (Å²) in [5, 5.41) is 8.06. The molecule has 30 heavy (non-hydrogen) atoms. The van der Waals surface area contributed by atoms with Gasteiger partial charge in [0.25, 0.3) is 5.56 Å². The second-order valence-electron chi connectivity index (χ2n) is 7.69. The van der Waals surface area contributed by atoms with Gasteiger partial charge in [0.15, 0.2) is 0 Å². The van der Waals surface area contributed by atoms with Crippen molar-refractivity contribution < 1.29 is 9.47 Å². The van der Waals surface area contributed by atoms with Crippen LogP contribution < -0.4 is 15.6 Å². The Morgan fingerprint density at radius 2 is 2.03 bits per heavy atom. The molecule has 154 valence electrons. The molecule has 8 heteroatoms. The van der Waals surface area contributed by atoms with Crippen LogP contribution in [0.5, 0.6) is 5.75 Å². The van der Waals surface area contributed by atoms with Crippen LogP contribution in [-0.2, 0) is 4.74 Å². The normalized spacial score (nSPS) is 20.8. The number of nitrogens with zero attached hydrogens (tertiary/aromatic N) is 4. The van der Waals surface area contributed by atoms with Gasteiger partial charge in [0.1, 0.15) is 23.9 Å². The van der Waals surface area contributed by atoms with E-state index < -0.39 is 0 Å². The zero-order chi connectivity index (χ0) is 20.5. The number of aromatic nitrogens is 4. The van der Waals surface area contributed by atoms with Crippen LogP contribution in [-0.4, -0.2) is 46.1 Å². The maximum absolute atomic E-state index is 12.6. The summed E-state index contributed by atoms with van der Waals surface area (Å²) in [5.41, 5.74) is 2.50. The topological polar surface area (TPSA) is 91.2 Å². The van der Waals surface area contributed by atoms with Crippen LogP contribution in [0.2, 0.25) is 0 Å². The van der Waals surface area contributed by atoms with E-state index in [2.05, 4.69) is 20.4 Å². The van der Waals surface area contributed by atoms with Crippen molar-refractivity contribution in [3.63, 3.8) is 0 Å². The fraction of sp³-hybridized carbons (Fsp3) is 0.364. The maximum atomic E-state index is 12.6. The van der Waals surface area contributed by atoms with Gasteiger partial charge in [-0.25, -0.2) is 14.6 Å². The molecular weight excluding hydrogens is 382 g/mol. The van der Waals surface area contributed by atoms with Gasteiger partial charge in [-0.3, -0.25) is 4.79 Å². The van der Waals surface area contributed by atoms with E-state index in [0.29, 0.717) is 24.8 Å². The van der Waals surface area contributed by atoms with Crippen LogP contribution in [0.3, 0.4) is 0 Å². The van der Waals surface area contributed by atoms with E-state index in [4.69, 9.17) is 9.47 Å². The van der Waals surface area contributed by atoms with Crippen LogP contribution in [0.25, 0.3) is 11.3 Å². The first-order valence-electron chi connectivity index (χ1n) is 10.1. The Bertz CT molecular complexity index is 1110. The van der Waals surface area contributed by atoms with Crippen molar-refractivity contribution in [2.24, 2.45) is 0 Å². The molecule has 0 spiro atoms. The Balaban J connectivity index is 1.42. The van der Waals surface area contributed by atoms with Gasteiger partial charge in [0, 0.05) is 29.3 Å². The van der Waals surface area contributed by atoms with Gasteiger partial charge in [-0.2, -0.15) is 5.10 Å². The van der Waals surface area contributed by atoms with Crippen molar-refractivity contribution in [2.75, 3.05) is 25.6 Å². The summed E-state index contributed by atoms with van der Waals surface area (Å²) in [7, 11) is 1.63. The molecule has 5 rings (SSSR count). The number of methoxy groups -OCH3 is 1. The number of nitrogens with one attached hydrogen (secondary N) is 1.